The van der Waals surface area contributed by atoms with Gasteiger partial charge in [0.25, 0.3) is 0 Å². The number of nitrogens with one attached hydrogen (secondary N) is 1. The predicted molar refractivity (Wildman–Crippen MR) is 46.5 cm³/mol. The first kappa shape index (κ1) is 11.4. The highest BCUT2D eigenvalue weighted by Crippen LogP contribution is 1.96. The molecular weight excluding hydrogens is 158 g/mol. The van der Waals surface area contributed by atoms with Crippen LogP contribution >= 0.6 is 0 Å². The van der Waals surface area contributed by atoms with Crippen molar-refractivity contribution >= 4 is 5.97 Å². The van der Waals surface area contributed by atoms with Crippen molar-refractivity contribution in [3.05, 3.63) is 0 Å². The molecule has 0 heterocycles. The van der Waals surface area contributed by atoms with Crippen LogP contribution in [0, 0.1) is 0 Å². The number of nitrogens with two attached hydrogens (primary N) is 2. The number of carbonyl (C=O) groups is 1. The second kappa shape index (κ2) is 5.93. The molecule has 0 radical (unpaired) electrons. The van der Waals surface area contributed by atoms with Crippen LogP contribution < -0.4 is 16.8 Å². The highest BCUT2D eigenvalue weighted by Gasteiger charge is 2.16. The van der Waals surface area contributed by atoms with Gasteiger partial charge in [-0.3, -0.25) is 10.1 Å². The quantitative estimate of drug-likeness (QED) is 0.391. The molecule has 0 saturated heterocycles. The lowest BCUT2D eigenvalue weighted by Gasteiger charge is -2.16. The standard InChI is InChI=1S/C7H17N3O2/c1-5(9)10-6(7(11)12)3-2-4-8/h5-6,10H,2-4,8-9H2,1H3,(H,11,12)/t5?,6-/m1/s1. The van der Waals surface area contributed by atoms with E-state index in [2.05, 4.69) is 5.32 Å². The SMILES string of the molecule is CC(N)N[C@H](CCCN)C(=O)O. The Morgan fingerprint density at radius 3 is 2.58 bits per heavy atom. The first-order chi connectivity index (χ1) is 5.57. The summed E-state index contributed by atoms with van der Waals surface area (Å²) in [5.41, 5.74) is 10.7. The van der Waals surface area contributed by atoms with Crippen molar-refractivity contribution in [3.63, 3.8) is 0 Å². The number of aliphatic carboxylic acids is 1. The van der Waals surface area contributed by atoms with E-state index in [1.165, 1.54) is 0 Å². The van der Waals surface area contributed by atoms with Gasteiger partial charge in [0.1, 0.15) is 6.04 Å². The summed E-state index contributed by atoms with van der Waals surface area (Å²) < 4.78 is 0. The Morgan fingerprint density at radius 2 is 2.25 bits per heavy atom. The summed E-state index contributed by atoms with van der Waals surface area (Å²) in [6.45, 7) is 2.21. The molecule has 2 atom stereocenters. The van der Waals surface area contributed by atoms with Crippen molar-refractivity contribution < 1.29 is 9.90 Å². The number of carboxylic acids is 1. The second-order valence-electron chi connectivity index (χ2n) is 2.78. The molecule has 0 saturated carbocycles. The lowest BCUT2D eigenvalue weighted by Crippen LogP contribution is -2.46. The Kier molecular flexibility index (Phi) is 5.61. The van der Waals surface area contributed by atoms with Gasteiger partial charge in [-0.1, -0.05) is 0 Å². The first-order valence-electron chi connectivity index (χ1n) is 4.02. The lowest BCUT2D eigenvalue weighted by atomic mass is 10.1. The zero-order valence-electron chi connectivity index (χ0n) is 7.29. The molecule has 1 unspecified atom stereocenters. The molecule has 0 aromatic heterocycles. The summed E-state index contributed by atoms with van der Waals surface area (Å²) in [5.74, 6) is -0.874. The summed E-state index contributed by atoms with van der Waals surface area (Å²) in [6.07, 6.45) is 0.910. The third kappa shape index (κ3) is 5.06. The molecule has 0 fully saturated rings. The maximum Gasteiger partial charge on any atom is 0.320 e. The molecule has 0 spiro atoms. The first-order valence-corrected chi connectivity index (χ1v) is 4.02. The van der Waals surface area contributed by atoms with Gasteiger partial charge in [0, 0.05) is 0 Å². The van der Waals surface area contributed by atoms with Gasteiger partial charge >= 0.3 is 5.97 Å². The largest absolute Gasteiger partial charge is 0.480 e. The Balaban J connectivity index is 3.78. The number of hydrogen-bond acceptors (Lipinski definition) is 4. The second-order valence-corrected chi connectivity index (χ2v) is 2.78. The molecule has 0 bridgehead atoms. The molecule has 0 aliphatic heterocycles. The average molecular weight is 175 g/mol. The molecule has 5 nitrogen and oxygen atoms in total. The zero-order valence-corrected chi connectivity index (χ0v) is 7.29. The number of hydrogen-bond donors (Lipinski definition) is 4. The topological polar surface area (TPSA) is 101 Å². The number of rotatable bonds is 6. The van der Waals surface area contributed by atoms with Crippen molar-refractivity contribution in [2.24, 2.45) is 11.5 Å². The minimum Gasteiger partial charge on any atom is -0.480 e. The van der Waals surface area contributed by atoms with Crippen LogP contribution in [-0.2, 0) is 4.79 Å². The van der Waals surface area contributed by atoms with Crippen LogP contribution in [0.2, 0.25) is 0 Å². The average Bonchev–Trinajstić information content (AvgIpc) is 1.96. The fourth-order valence-corrected chi connectivity index (χ4v) is 0.917. The van der Waals surface area contributed by atoms with Crippen molar-refractivity contribution in [2.75, 3.05) is 6.54 Å². The van der Waals surface area contributed by atoms with E-state index < -0.39 is 12.0 Å². The molecular formula is C7H17N3O2. The van der Waals surface area contributed by atoms with E-state index in [0.717, 1.165) is 0 Å². The van der Waals surface area contributed by atoms with Gasteiger partial charge in [-0.05, 0) is 26.3 Å². The fraction of sp³-hybridized carbons (Fsp3) is 0.857. The van der Waals surface area contributed by atoms with E-state index in [1.54, 1.807) is 6.92 Å². The smallest absolute Gasteiger partial charge is 0.320 e. The Bertz CT molecular complexity index is 139. The highest BCUT2D eigenvalue weighted by atomic mass is 16.4. The molecule has 0 amide bonds. The van der Waals surface area contributed by atoms with Crippen molar-refractivity contribution in [2.45, 2.75) is 32.0 Å². The summed E-state index contributed by atoms with van der Waals surface area (Å²) in [7, 11) is 0. The summed E-state index contributed by atoms with van der Waals surface area (Å²) >= 11 is 0. The molecule has 12 heavy (non-hydrogen) atoms. The van der Waals surface area contributed by atoms with Crippen LogP contribution in [0.15, 0.2) is 0 Å². The molecule has 72 valence electrons. The van der Waals surface area contributed by atoms with E-state index in [0.29, 0.717) is 19.4 Å². The van der Waals surface area contributed by atoms with Gasteiger partial charge in [-0.15, -0.1) is 0 Å². The monoisotopic (exact) mass is 175 g/mol. The van der Waals surface area contributed by atoms with E-state index in [9.17, 15) is 4.79 Å². The van der Waals surface area contributed by atoms with E-state index in [-0.39, 0.29) is 6.17 Å². The summed E-state index contributed by atoms with van der Waals surface area (Å²) in [6, 6.07) is -0.575. The van der Waals surface area contributed by atoms with Crippen molar-refractivity contribution in [1.29, 1.82) is 0 Å². The van der Waals surface area contributed by atoms with Gasteiger partial charge in [0.15, 0.2) is 0 Å². The molecule has 0 rings (SSSR count). The minimum absolute atomic E-state index is 0.302. The van der Waals surface area contributed by atoms with E-state index in [1.807, 2.05) is 0 Å². The van der Waals surface area contributed by atoms with Crippen molar-refractivity contribution in [1.82, 2.24) is 5.32 Å². The molecule has 6 N–H and O–H groups in total. The summed E-state index contributed by atoms with van der Waals surface area (Å²) in [5, 5.41) is 11.4. The highest BCUT2D eigenvalue weighted by molar-refractivity contribution is 5.73. The van der Waals surface area contributed by atoms with Crippen LogP contribution in [0.4, 0.5) is 0 Å². The van der Waals surface area contributed by atoms with Gasteiger partial charge < -0.3 is 16.6 Å². The Hall–Kier alpha value is -0.650. The predicted octanol–water partition coefficient (Wildman–Crippen LogP) is -0.927. The van der Waals surface area contributed by atoms with Crippen LogP contribution in [-0.4, -0.2) is 29.8 Å². The van der Waals surface area contributed by atoms with Crippen LogP contribution in [0.5, 0.6) is 0 Å². The van der Waals surface area contributed by atoms with Gasteiger partial charge in [-0.25, -0.2) is 0 Å². The Morgan fingerprint density at radius 1 is 1.67 bits per heavy atom. The minimum atomic E-state index is -0.874. The fourth-order valence-electron chi connectivity index (χ4n) is 0.917. The van der Waals surface area contributed by atoms with Crippen LogP contribution in [0.3, 0.4) is 0 Å². The van der Waals surface area contributed by atoms with E-state index in [4.69, 9.17) is 16.6 Å². The molecule has 5 heteroatoms. The van der Waals surface area contributed by atoms with Crippen LogP contribution in [0.1, 0.15) is 19.8 Å². The normalized spacial score (nSPS) is 15.6. The lowest BCUT2D eigenvalue weighted by molar-refractivity contribution is -0.139. The van der Waals surface area contributed by atoms with Gasteiger partial charge in [0.05, 0.1) is 6.17 Å². The van der Waals surface area contributed by atoms with Crippen molar-refractivity contribution in [3.8, 4) is 0 Å². The molecule has 0 aromatic carbocycles. The maximum atomic E-state index is 10.6. The third-order valence-corrected chi connectivity index (χ3v) is 1.46. The maximum absolute atomic E-state index is 10.6. The third-order valence-electron chi connectivity index (χ3n) is 1.46. The molecule has 0 aromatic rings. The van der Waals surface area contributed by atoms with Gasteiger partial charge in [-0.2, -0.15) is 0 Å². The van der Waals surface area contributed by atoms with Crippen LogP contribution in [0.25, 0.3) is 0 Å². The molecule has 0 aliphatic carbocycles. The molecule has 0 aliphatic rings. The van der Waals surface area contributed by atoms with E-state index >= 15 is 0 Å². The number of carboxylic acid groups (broad SMARTS) is 1. The summed E-state index contributed by atoms with van der Waals surface area (Å²) in [4.78, 5) is 10.6. The van der Waals surface area contributed by atoms with Gasteiger partial charge in [0.2, 0.25) is 0 Å². The zero-order chi connectivity index (χ0) is 9.56. The Labute approximate surface area is 72.1 Å².